The van der Waals surface area contributed by atoms with Crippen molar-refractivity contribution in [3.63, 3.8) is 0 Å². The Morgan fingerprint density at radius 1 is 1.05 bits per heavy atom. The number of hydroxylamine groups is 2. The normalized spacial score (nSPS) is 26.3. The number of imide groups is 1. The summed E-state index contributed by atoms with van der Waals surface area (Å²) in [6, 6.07) is 0.527. The van der Waals surface area contributed by atoms with E-state index in [4.69, 9.17) is 0 Å². The van der Waals surface area contributed by atoms with Crippen molar-refractivity contribution in [1.82, 2.24) is 20.2 Å². The zero-order valence-electron chi connectivity index (χ0n) is 21.1. The van der Waals surface area contributed by atoms with E-state index in [1.165, 1.54) is 12.1 Å². The zero-order chi connectivity index (χ0) is 29.0. The molecule has 3 saturated heterocycles. The Labute approximate surface area is 224 Å². The molecule has 0 bridgehead atoms. The lowest BCUT2D eigenvalue weighted by atomic mass is 9.86. The number of fused-ring (bicyclic) bond motifs is 1. The summed E-state index contributed by atoms with van der Waals surface area (Å²) in [5, 5.41) is 2.41. The van der Waals surface area contributed by atoms with Crippen LogP contribution in [0, 0.1) is 5.82 Å². The molecule has 1 aromatic rings. The molecule has 0 saturated carbocycles. The molecule has 4 aliphatic rings. The number of halogens is 6. The lowest BCUT2D eigenvalue weighted by Crippen LogP contribution is -2.58. The summed E-state index contributed by atoms with van der Waals surface area (Å²) in [6.07, 6.45) is -5.03. The highest BCUT2D eigenvalue weighted by Gasteiger charge is 2.50. The van der Waals surface area contributed by atoms with Crippen LogP contribution in [0.1, 0.15) is 59.5 Å². The fourth-order valence-corrected chi connectivity index (χ4v) is 6.02. The van der Waals surface area contributed by atoms with E-state index in [-0.39, 0.29) is 41.6 Å². The largest absolute Gasteiger partial charge is 0.493 e. The Bertz CT molecular complexity index is 1230. The Kier molecular flexibility index (Phi) is 7.31. The number of benzene rings is 1. The van der Waals surface area contributed by atoms with Crippen molar-refractivity contribution in [3.05, 3.63) is 34.6 Å². The predicted molar refractivity (Wildman–Crippen MR) is 123 cm³/mol. The maximum Gasteiger partial charge on any atom is 0.493 e. The average Bonchev–Trinajstić information content (AvgIpc) is 3.23. The Morgan fingerprint density at radius 3 is 2.40 bits per heavy atom. The van der Waals surface area contributed by atoms with Crippen molar-refractivity contribution in [3.8, 4) is 0 Å². The minimum Gasteiger partial charge on any atom is -0.322 e. The van der Waals surface area contributed by atoms with E-state index in [2.05, 4.69) is 10.2 Å². The van der Waals surface area contributed by atoms with Crippen LogP contribution in [0.5, 0.6) is 0 Å². The first-order chi connectivity index (χ1) is 18.8. The molecule has 40 heavy (non-hydrogen) atoms. The summed E-state index contributed by atoms with van der Waals surface area (Å²) in [5.41, 5.74) is 0.283. The van der Waals surface area contributed by atoms with E-state index >= 15 is 4.39 Å². The summed E-state index contributed by atoms with van der Waals surface area (Å²) >= 11 is 0. The summed E-state index contributed by atoms with van der Waals surface area (Å²) in [4.78, 5) is 55.7. The standard InChI is InChI=1S/C25H26F6N4O5/c26-20-14(13-6-9-33(10-7-13)18-5-8-32-12-24(18,27)28)1-2-15-16(20)11-34(21(15)37)17-3-4-19(36)35(22(17)38)40-23(39)25(29,30)31/h1-2,13,17-18,32H,3-12H2. The van der Waals surface area contributed by atoms with Gasteiger partial charge in [-0.2, -0.15) is 13.2 Å². The molecule has 2 unspecified atom stereocenters. The Morgan fingerprint density at radius 2 is 1.75 bits per heavy atom. The zero-order valence-corrected chi connectivity index (χ0v) is 21.1. The Hall–Kier alpha value is -3.20. The fraction of sp³-hybridized carbons (Fsp3) is 0.600. The lowest BCUT2D eigenvalue weighted by Gasteiger charge is -2.43. The van der Waals surface area contributed by atoms with E-state index in [0.717, 1.165) is 4.90 Å². The molecule has 15 heteroatoms. The van der Waals surface area contributed by atoms with Gasteiger partial charge in [0.1, 0.15) is 11.9 Å². The van der Waals surface area contributed by atoms with Crippen molar-refractivity contribution in [2.24, 2.45) is 0 Å². The molecule has 5 rings (SSSR count). The van der Waals surface area contributed by atoms with E-state index < -0.39 is 60.1 Å². The summed E-state index contributed by atoms with van der Waals surface area (Å²) in [5.74, 6) is -9.85. The van der Waals surface area contributed by atoms with Gasteiger partial charge in [0.25, 0.3) is 23.6 Å². The van der Waals surface area contributed by atoms with Gasteiger partial charge in [-0.15, -0.1) is 5.06 Å². The first-order valence-corrected chi connectivity index (χ1v) is 12.9. The van der Waals surface area contributed by atoms with Gasteiger partial charge in [-0.1, -0.05) is 6.07 Å². The van der Waals surface area contributed by atoms with E-state index in [0.29, 0.717) is 44.5 Å². The number of nitrogens with one attached hydrogen (secondary N) is 1. The van der Waals surface area contributed by atoms with E-state index in [1.807, 2.05) is 0 Å². The van der Waals surface area contributed by atoms with Gasteiger partial charge >= 0.3 is 12.1 Å². The quantitative estimate of drug-likeness (QED) is 0.435. The predicted octanol–water partition coefficient (Wildman–Crippen LogP) is 2.50. The molecule has 2 atom stereocenters. The number of likely N-dealkylation sites (tertiary alicyclic amines) is 1. The number of rotatable bonds is 4. The summed E-state index contributed by atoms with van der Waals surface area (Å²) in [7, 11) is 0. The number of amides is 3. The molecule has 0 aliphatic carbocycles. The molecule has 0 aromatic heterocycles. The highest BCUT2D eigenvalue weighted by molar-refractivity contribution is 6.05. The first kappa shape index (κ1) is 28.3. The van der Waals surface area contributed by atoms with Gasteiger partial charge in [-0.3, -0.25) is 19.3 Å². The van der Waals surface area contributed by atoms with Crippen LogP contribution in [0.3, 0.4) is 0 Å². The Balaban J connectivity index is 1.29. The summed E-state index contributed by atoms with van der Waals surface area (Å²) in [6.45, 7) is 0.429. The van der Waals surface area contributed by atoms with Gasteiger partial charge in [0, 0.05) is 17.5 Å². The molecule has 218 valence electrons. The molecule has 0 spiro atoms. The molecule has 3 fully saturated rings. The average molecular weight is 576 g/mol. The molecule has 1 aromatic carbocycles. The molecule has 9 nitrogen and oxygen atoms in total. The van der Waals surface area contributed by atoms with Crippen LogP contribution in [0.4, 0.5) is 26.3 Å². The second-order valence-corrected chi connectivity index (χ2v) is 10.4. The van der Waals surface area contributed by atoms with Gasteiger partial charge in [0.15, 0.2) is 0 Å². The molecule has 3 amide bonds. The molecule has 4 aliphatic heterocycles. The van der Waals surface area contributed by atoms with Crippen LogP contribution in [0.15, 0.2) is 12.1 Å². The number of alkyl halides is 5. The summed E-state index contributed by atoms with van der Waals surface area (Å²) < 4.78 is 82.3. The highest BCUT2D eigenvalue weighted by atomic mass is 19.4. The number of nitrogens with zero attached hydrogens (tertiary/aromatic N) is 3. The molecule has 4 heterocycles. The number of carbonyl (C=O) groups is 4. The molecular formula is C25H26F6N4O5. The van der Waals surface area contributed by atoms with Crippen molar-refractivity contribution in [1.29, 1.82) is 0 Å². The van der Waals surface area contributed by atoms with Crippen LogP contribution in [0.2, 0.25) is 0 Å². The van der Waals surface area contributed by atoms with Crippen LogP contribution in [0.25, 0.3) is 0 Å². The lowest BCUT2D eigenvalue weighted by molar-refractivity contribution is -0.238. The minimum atomic E-state index is -5.46. The van der Waals surface area contributed by atoms with Crippen molar-refractivity contribution >= 4 is 23.7 Å². The second kappa shape index (κ2) is 10.3. The van der Waals surface area contributed by atoms with Crippen molar-refractivity contribution < 1.29 is 50.4 Å². The number of carbonyl (C=O) groups excluding carboxylic acids is 4. The van der Waals surface area contributed by atoms with Crippen LogP contribution < -0.4 is 5.32 Å². The third-order valence-electron chi connectivity index (χ3n) is 8.07. The molecule has 1 N–H and O–H groups in total. The molecular weight excluding hydrogens is 550 g/mol. The number of piperidine rings is 3. The number of hydrogen-bond acceptors (Lipinski definition) is 7. The maximum absolute atomic E-state index is 15.7. The third kappa shape index (κ3) is 5.04. The first-order valence-electron chi connectivity index (χ1n) is 12.9. The topological polar surface area (TPSA) is 99.3 Å². The fourth-order valence-electron chi connectivity index (χ4n) is 6.02. The minimum absolute atomic E-state index is 0.00152. The molecule has 0 radical (unpaired) electrons. The van der Waals surface area contributed by atoms with Crippen molar-refractivity contribution in [2.75, 3.05) is 26.2 Å². The van der Waals surface area contributed by atoms with Gasteiger partial charge in [-0.05, 0) is 62.9 Å². The second-order valence-electron chi connectivity index (χ2n) is 10.4. The number of hydrogen-bond donors (Lipinski definition) is 1. The van der Waals surface area contributed by atoms with Crippen molar-refractivity contribution in [2.45, 2.75) is 68.7 Å². The maximum atomic E-state index is 15.7. The monoisotopic (exact) mass is 576 g/mol. The SMILES string of the molecule is O=C1CCC(N2Cc3c(ccc(C4CCN(C5CCNCC5(F)F)CC4)c3F)C2=O)C(=O)N1OC(=O)C(F)(F)F. The van der Waals surface area contributed by atoms with Gasteiger partial charge in [0.2, 0.25) is 0 Å². The van der Waals surface area contributed by atoms with Gasteiger partial charge in [0.05, 0.1) is 19.1 Å². The smallest absolute Gasteiger partial charge is 0.322 e. The van der Waals surface area contributed by atoms with Crippen LogP contribution in [-0.4, -0.2) is 88.9 Å². The van der Waals surface area contributed by atoms with Crippen LogP contribution in [-0.2, 0) is 25.8 Å². The van der Waals surface area contributed by atoms with E-state index in [9.17, 15) is 41.1 Å². The van der Waals surface area contributed by atoms with Gasteiger partial charge in [-0.25, -0.2) is 18.0 Å². The van der Waals surface area contributed by atoms with Crippen LogP contribution >= 0.6 is 0 Å². The van der Waals surface area contributed by atoms with Gasteiger partial charge < -0.3 is 15.1 Å². The van der Waals surface area contributed by atoms with E-state index in [1.54, 1.807) is 4.90 Å². The third-order valence-corrected chi connectivity index (χ3v) is 8.07. The highest BCUT2D eigenvalue weighted by Crippen LogP contribution is 2.38.